The second kappa shape index (κ2) is 3.67. The third-order valence-corrected chi connectivity index (χ3v) is 1.96. The van der Waals surface area contributed by atoms with Crippen LogP contribution in [0.4, 0.5) is 0 Å². The van der Waals surface area contributed by atoms with Crippen LogP contribution >= 0.6 is 11.6 Å². The summed E-state index contributed by atoms with van der Waals surface area (Å²) in [6.45, 7) is 1.87. The molecule has 70 valence electrons. The lowest BCUT2D eigenvalue weighted by Gasteiger charge is -2.00. The van der Waals surface area contributed by atoms with E-state index in [9.17, 15) is 0 Å². The average molecular weight is 207 g/mol. The Morgan fingerprint density at radius 1 is 1.07 bits per heavy atom. The van der Waals surface area contributed by atoms with Crippen molar-refractivity contribution in [2.24, 2.45) is 0 Å². The highest BCUT2D eigenvalue weighted by atomic mass is 35.5. The van der Waals surface area contributed by atoms with Gasteiger partial charge in [0.05, 0.1) is 5.69 Å². The Balaban J connectivity index is 2.50. The number of hydrogen-bond donors (Lipinski definition) is 0. The molecular weight excluding hydrogens is 200 g/mol. The van der Waals surface area contributed by atoms with Crippen LogP contribution in [0.1, 0.15) is 5.69 Å². The molecule has 4 nitrogen and oxygen atoms in total. The van der Waals surface area contributed by atoms with Crippen LogP contribution in [0.5, 0.6) is 0 Å². The zero-order chi connectivity index (χ0) is 9.97. The highest BCUT2D eigenvalue weighted by molar-refractivity contribution is 6.29. The molecule has 0 aliphatic carbocycles. The molecule has 0 saturated carbocycles. The molecule has 0 saturated heterocycles. The van der Waals surface area contributed by atoms with E-state index < -0.39 is 0 Å². The largest absolute Gasteiger partial charge is 0.258 e. The van der Waals surface area contributed by atoms with Gasteiger partial charge < -0.3 is 0 Å². The minimum atomic E-state index is 0.371. The molecule has 5 heteroatoms. The first kappa shape index (κ1) is 9.02. The standard InChI is InChI=1S/C9H7ClN4/c1-6-9(12-5-4-11-6)7-2-3-8(10)14-13-7/h2-5H,1H3. The molecule has 0 spiro atoms. The first-order valence-electron chi connectivity index (χ1n) is 4.04. The van der Waals surface area contributed by atoms with Gasteiger partial charge in [0.15, 0.2) is 5.15 Å². The number of rotatable bonds is 1. The minimum absolute atomic E-state index is 0.371. The van der Waals surface area contributed by atoms with Crippen molar-refractivity contribution in [2.75, 3.05) is 0 Å². The van der Waals surface area contributed by atoms with Gasteiger partial charge in [-0.05, 0) is 19.1 Å². The summed E-state index contributed by atoms with van der Waals surface area (Å²) in [7, 11) is 0. The van der Waals surface area contributed by atoms with Crippen LogP contribution < -0.4 is 0 Å². The normalized spacial score (nSPS) is 10.1. The molecule has 2 rings (SSSR count). The van der Waals surface area contributed by atoms with Crippen molar-refractivity contribution in [1.29, 1.82) is 0 Å². The maximum absolute atomic E-state index is 5.63. The van der Waals surface area contributed by atoms with E-state index in [1.165, 1.54) is 0 Å². The number of nitrogens with zero attached hydrogens (tertiary/aromatic N) is 4. The zero-order valence-corrected chi connectivity index (χ0v) is 8.23. The average Bonchev–Trinajstić information content (AvgIpc) is 2.20. The van der Waals surface area contributed by atoms with E-state index in [-0.39, 0.29) is 0 Å². The van der Waals surface area contributed by atoms with Crippen molar-refractivity contribution in [3.8, 4) is 11.4 Å². The van der Waals surface area contributed by atoms with Gasteiger partial charge in [0, 0.05) is 12.4 Å². The van der Waals surface area contributed by atoms with Gasteiger partial charge in [0.25, 0.3) is 0 Å². The van der Waals surface area contributed by atoms with Crippen LogP contribution in [0.3, 0.4) is 0 Å². The summed E-state index contributed by atoms with van der Waals surface area (Å²) in [6.07, 6.45) is 3.26. The third-order valence-electron chi connectivity index (χ3n) is 1.76. The van der Waals surface area contributed by atoms with Gasteiger partial charge in [0.1, 0.15) is 11.4 Å². The van der Waals surface area contributed by atoms with E-state index in [2.05, 4.69) is 20.2 Å². The molecule has 0 fully saturated rings. The molecule has 0 unspecified atom stereocenters. The summed E-state index contributed by atoms with van der Waals surface area (Å²) < 4.78 is 0. The molecule has 2 aromatic heterocycles. The number of aromatic nitrogens is 4. The lowest BCUT2D eigenvalue weighted by Crippen LogP contribution is -1.94. The van der Waals surface area contributed by atoms with Crippen LogP contribution in [-0.4, -0.2) is 20.2 Å². The van der Waals surface area contributed by atoms with Crippen LogP contribution in [-0.2, 0) is 0 Å². The Morgan fingerprint density at radius 3 is 2.50 bits per heavy atom. The van der Waals surface area contributed by atoms with Crippen LogP contribution in [0.2, 0.25) is 5.15 Å². The summed E-state index contributed by atoms with van der Waals surface area (Å²) in [6, 6.07) is 3.45. The highest BCUT2D eigenvalue weighted by Gasteiger charge is 2.05. The monoisotopic (exact) mass is 206 g/mol. The summed E-state index contributed by atoms with van der Waals surface area (Å²) in [4.78, 5) is 8.28. The van der Waals surface area contributed by atoms with Crippen LogP contribution in [0.15, 0.2) is 24.5 Å². The van der Waals surface area contributed by atoms with Crippen molar-refractivity contribution in [3.63, 3.8) is 0 Å². The summed E-state index contributed by atoms with van der Waals surface area (Å²) >= 11 is 5.63. The van der Waals surface area contributed by atoms with Crippen molar-refractivity contribution >= 4 is 11.6 Å². The summed E-state index contributed by atoms with van der Waals surface area (Å²) in [5.74, 6) is 0. The van der Waals surface area contributed by atoms with Crippen LogP contribution in [0.25, 0.3) is 11.4 Å². The minimum Gasteiger partial charge on any atom is -0.258 e. The van der Waals surface area contributed by atoms with Gasteiger partial charge in [-0.1, -0.05) is 11.6 Å². The first-order chi connectivity index (χ1) is 6.77. The maximum atomic E-state index is 5.63. The van der Waals surface area contributed by atoms with Crippen molar-refractivity contribution in [1.82, 2.24) is 20.2 Å². The molecule has 0 atom stereocenters. The fourth-order valence-electron chi connectivity index (χ4n) is 1.10. The SMILES string of the molecule is Cc1nccnc1-c1ccc(Cl)nn1. The first-order valence-corrected chi connectivity index (χ1v) is 4.42. The van der Waals surface area contributed by atoms with Gasteiger partial charge in [-0.3, -0.25) is 9.97 Å². The molecule has 0 aliphatic rings. The summed E-state index contributed by atoms with van der Waals surface area (Å²) in [5.41, 5.74) is 2.24. The van der Waals surface area contributed by atoms with E-state index in [4.69, 9.17) is 11.6 Å². The quantitative estimate of drug-likeness (QED) is 0.715. The van der Waals surface area contributed by atoms with E-state index in [1.54, 1.807) is 24.5 Å². The Bertz CT molecular complexity index is 441. The van der Waals surface area contributed by atoms with Gasteiger partial charge in [-0.25, -0.2) is 0 Å². The molecule has 2 aromatic rings. The second-order valence-electron chi connectivity index (χ2n) is 2.73. The van der Waals surface area contributed by atoms with Crippen molar-refractivity contribution in [2.45, 2.75) is 6.92 Å². The fourth-order valence-corrected chi connectivity index (χ4v) is 1.20. The maximum Gasteiger partial charge on any atom is 0.151 e. The molecule has 0 aromatic carbocycles. The third kappa shape index (κ3) is 1.70. The van der Waals surface area contributed by atoms with E-state index in [0.717, 1.165) is 11.4 Å². The predicted octanol–water partition coefficient (Wildman–Crippen LogP) is 1.90. The second-order valence-corrected chi connectivity index (χ2v) is 3.12. The van der Waals surface area contributed by atoms with Crippen molar-refractivity contribution < 1.29 is 0 Å². The molecular formula is C9H7ClN4. The van der Waals surface area contributed by atoms with Gasteiger partial charge in [0.2, 0.25) is 0 Å². The summed E-state index contributed by atoms with van der Waals surface area (Å²) in [5, 5.41) is 8.04. The fraction of sp³-hybridized carbons (Fsp3) is 0.111. The Labute approximate surface area is 86.0 Å². The molecule has 0 aliphatic heterocycles. The highest BCUT2D eigenvalue weighted by Crippen LogP contribution is 2.16. The van der Waals surface area contributed by atoms with Gasteiger partial charge >= 0.3 is 0 Å². The predicted molar refractivity (Wildman–Crippen MR) is 52.8 cm³/mol. The van der Waals surface area contributed by atoms with E-state index in [1.807, 2.05) is 6.92 Å². The lowest BCUT2D eigenvalue weighted by molar-refractivity contribution is 1.01. The smallest absolute Gasteiger partial charge is 0.151 e. The molecule has 0 amide bonds. The molecule has 2 heterocycles. The Morgan fingerprint density at radius 2 is 1.86 bits per heavy atom. The van der Waals surface area contributed by atoms with Crippen LogP contribution in [0, 0.1) is 6.92 Å². The molecule has 0 N–H and O–H groups in total. The zero-order valence-electron chi connectivity index (χ0n) is 7.48. The molecule has 0 bridgehead atoms. The number of hydrogen-bond acceptors (Lipinski definition) is 4. The Kier molecular flexibility index (Phi) is 2.37. The lowest BCUT2D eigenvalue weighted by atomic mass is 10.2. The van der Waals surface area contributed by atoms with Gasteiger partial charge in [-0.2, -0.15) is 0 Å². The number of aryl methyl sites for hydroxylation is 1. The molecule has 0 radical (unpaired) electrons. The number of halogens is 1. The molecule has 14 heavy (non-hydrogen) atoms. The van der Waals surface area contributed by atoms with Crippen molar-refractivity contribution in [3.05, 3.63) is 35.4 Å². The Hall–Kier alpha value is -1.55. The topological polar surface area (TPSA) is 51.6 Å². The van der Waals surface area contributed by atoms with E-state index in [0.29, 0.717) is 10.8 Å². The van der Waals surface area contributed by atoms with E-state index >= 15 is 0 Å². The van der Waals surface area contributed by atoms with Gasteiger partial charge in [-0.15, -0.1) is 10.2 Å².